The van der Waals surface area contributed by atoms with E-state index in [2.05, 4.69) is 36.5 Å². The average Bonchev–Trinajstić information content (AvgIpc) is 2.34. The van der Waals surface area contributed by atoms with Gasteiger partial charge >= 0.3 is 0 Å². The van der Waals surface area contributed by atoms with Crippen molar-refractivity contribution in [2.24, 2.45) is 5.41 Å². The Bertz CT molecular complexity index is 348. The van der Waals surface area contributed by atoms with Gasteiger partial charge in [-0.2, -0.15) is 0 Å². The molecule has 1 N–H and O–H groups in total. The Morgan fingerprint density at radius 1 is 1.31 bits per heavy atom. The zero-order valence-electron chi connectivity index (χ0n) is 9.83. The number of piperidine rings is 1. The van der Waals surface area contributed by atoms with Crippen LogP contribution in [-0.2, 0) is 11.2 Å². The Morgan fingerprint density at radius 3 is 2.62 bits per heavy atom. The summed E-state index contributed by atoms with van der Waals surface area (Å²) >= 11 is 0. The van der Waals surface area contributed by atoms with Crippen LogP contribution < -0.4 is 5.32 Å². The normalized spacial score (nSPS) is 25.2. The van der Waals surface area contributed by atoms with Crippen molar-refractivity contribution in [3.8, 4) is 0 Å². The molecule has 0 aliphatic carbocycles. The fraction of sp³-hybridized carbons (Fsp3) is 0.500. The Morgan fingerprint density at radius 2 is 2.06 bits per heavy atom. The second-order valence-electron chi connectivity index (χ2n) is 4.79. The topological polar surface area (TPSA) is 29.1 Å². The highest BCUT2D eigenvalue weighted by Gasteiger charge is 2.32. The first-order chi connectivity index (χ1) is 7.74. The molecule has 0 radical (unpaired) electrons. The molecule has 1 aliphatic heterocycles. The molecule has 2 heteroatoms. The van der Waals surface area contributed by atoms with Gasteiger partial charge in [0.1, 0.15) is 0 Å². The highest BCUT2D eigenvalue weighted by Crippen LogP contribution is 2.34. The lowest BCUT2D eigenvalue weighted by Crippen LogP contribution is -2.44. The minimum absolute atomic E-state index is 0.206. The molecule has 2 rings (SSSR count). The zero-order chi connectivity index (χ0) is 11.4. The fourth-order valence-corrected chi connectivity index (χ4v) is 2.45. The van der Waals surface area contributed by atoms with Gasteiger partial charge in [-0.05, 0) is 30.2 Å². The van der Waals surface area contributed by atoms with Crippen molar-refractivity contribution >= 4 is 5.91 Å². The van der Waals surface area contributed by atoms with Crippen molar-refractivity contribution in [3.63, 3.8) is 0 Å². The van der Waals surface area contributed by atoms with Crippen LogP contribution in [0.1, 0.15) is 31.7 Å². The van der Waals surface area contributed by atoms with Crippen LogP contribution in [0.2, 0.25) is 0 Å². The highest BCUT2D eigenvalue weighted by atomic mass is 16.1. The summed E-state index contributed by atoms with van der Waals surface area (Å²) in [7, 11) is 0. The molecule has 0 saturated carbocycles. The molecule has 1 amide bonds. The molecule has 1 aliphatic rings. The van der Waals surface area contributed by atoms with Gasteiger partial charge in [-0.1, -0.05) is 37.3 Å². The molecule has 0 spiro atoms. The molecule has 1 fully saturated rings. The summed E-state index contributed by atoms with van der Waals surface area (Å²) in [6.45, 7) is 3.05. The Hall–Kier alpha value is -1.31. The molecule has 1 unspecified atom stereocenters. The summed E-state index contributed by atoms with van der Waals surface area (Å²) in [5.41, 5.74) is 1.65. The largest absolute Gasteiger partial charge is 0.356 e. The van der Waals surface area contributed by atoms with Gasteiger partial charge in [-0.25, -0.2) is 0 Å². The number of rotatable bonds is 3. The van der Waals surface area contributed by atoms with Crippen molar-refractivity contribution in [2.45, 2.75) is 32.6 Å². The monoisotopic (exact) mass is 217 g/mol. The van der Waals surface area contributed by atoms with E-state index in [-0.39, 0.29) is 11.3 Å². The Kier molecular flexibility index (Phi) is 3.28. The number of carbonyl (C=O) groups excluding carboxylic acids is 1. The summed E-state index contributed by atoms with van der Waals surface area (Å²) in [5, 5.41) is 3.01. The van der Waals surface area contributed by atoms with Crippen molar-refractivity contribution in [2.75, 3.05) is 6.54 Å². The maximum atomic E-state index is 11.2. The third kappa shape index (κ3) is 2.43. The van der Waals surface area contributed by atoms with E-state index < -0.39 is 0 Å². The van der Waals surface area contributed by atoms with Crippen LogP contribution >= 0.6 is 0 Å². The molecule has 16 heavy (non-hydrogen) atoms. The van der Waals surface area contributed by atoms with Crippen LogP contribution in [0.15, 0.2) is 30.3 Å². The number of amides is 1. The third-order valence-electron chi connectivity index (χ3n) is 3.71. The van der Waals surface area contributed by atoms with E-state index in [0.29, 0.717) is 6.42 Å². The van der Waals surface area contributed by atoms with Crippen LogP contribution in [-0.4, -0.2) is 12.5 Å². The number of hydrogen-bond donors (Lipinski definition) is 1. The van der Waals surface area contributed by atoms with Crippen molar-refractivity contribution < 1.29 is 4.79 Å². The Labute approximate surface area is 97.1 Å². The van der Waals surface area contributed by atoms with Gasteiger partial charge in [0.25, 0.3) is 0 Å². The first kappa shape index (κ1) is 11.2. The molecular formula is C14H19NO. The fourth-order valence-electron chi connectivity index (χ4n) is 2.45. The van der Waals surface area contributed by atoms with Gasteiger partial charge in [0.2, 0.25) is 5.91 Å². The Balaban J connectivity index is 2.08. The molecule has 1 aromatic carbocycles. The van der Waals surface area contributed by atoms with Gasteiger partial charge in [-0.15, -0.1) is 0 Å². The van der Waals surface area contributed by atoms with Crippen molar-refractivity contribution in [3.05, 3.63) is 35.9 Å². The predicted octanol–water partition coefficient (Wildman–Crippen LogP) is 2.54. The van der Waals surface area contributed by atoms with Gasteiger partial charge in [0.15, 0.2) is 0 Å². The molecule has 86 valence electrons. The quantitative estimate of drug-likeness (QED) is 0.828. The SMILES string of the molecule is CCC1(Cc2ccccc2)CCC(=O)NC1. The number of nitrogens with one attached hydrogen (secondary N) is 1. The molecule has 1 heterocycles. The van der Waals surface area contributed by atoms with Crippen molar-refractivity contribution in [1.82, 2.24) is 5.32 Å². The van der Waals surface area contributed by atoms with E-state index in [9.17, 15) is 4.79 Å². The maximum absolute atomic E-state index is 11.2. The molecular weight excluding hydrogens is 198 g/mol. The second kappa shape index (κ2) is 4.69. The molecule has 2 nitrogen and oxygen atoms in total. The summed E-state index contributed by atoms with van der Waals surface area (Å²) in [5.74, 6) is 0.206. The predicted molar refractivity (Wildman–Crippen MR) is 65.1 cm³/mol. The van der Waals surface area contributed by atoms with E-state index in [4.69, 9.17) is 0 Å². The number of hydrogen-bond acceptors (Lipinski definition) is 1. The lowest BCUT2D eigenvalue weighted by molar-refractivity contribution is -0.124. The molecule has 0 aromatic heterocycles. The summed E-state index contributed by atoms with van der Waals surface area (Å²) in [6, 6.07) is 10.6. The van der Waals surface area contributed by atoms with Crippen LogP contribution in [0.4, 0.5) is 0 Å². The smallest absolute Gasteiger partial charge is 0.220 e. The number of benzene rings is 1. The van der Waals surface area contributed by atoms with E-state index in [1.165, 1.54) is 5.56 Å². The van der Waals surface area contributed by atoms with Gasteiger partial charge in [0, 0.05) is 13.0 Å². The second-order valence-corrected chi connectivity index (χ2v) is 4.79. The lowest BCUT2D eigenvalue weighted by Gasteiger charge is -2.36. The van der Waals surface area contributed by atoms with E-state index >= 15 is 0 Å². The van der Waals surface area contributed by atoms with Crippen LogP contribution in [0.5, 0.6) is 0 Å². The number of carbonyl (C=O) groups is 1. The van der Waals surface area contributed by atoms with Gasteiger partial charge < -0.3 is 5.32 Å². The summed E-state index contributed by atoms with van der Waals surface area (Å²) in [4.78, 5) is 11.2. The molecule has 0 bridgehead atoms. The van der Waals surface area contributed by atoms with E-state index in [1.54, 1.807) is 0 Å². The van der Waals surface area contributed by atoms with Crippen molar-refractivity contribution in [1.29, 1.82) is 0 Å². The van der Waals surface area contributed by atoms with Crippen LogP contribution in [0.3, 0.4) is 0 Å². The third-order valence-corrected chi connectivity index (χ3v) is 3.71. The zero-order valence-corrected chi connectivity index (χ0v) is 9.83. The first-order valence-corrected chi connectivity index (χ1v) is 6.05. The summed E-state index contributed by atoms with van der Waals surface area (Å²) in [6.07, 6.45) is 3.90. The average molecular weight is 217 g/mol. The van der Waals surface area contributed by atoms with Crippen LogP contribution in [0, 0.1) is 5.41 Å². The standard InChI is InChI=1S/C14H19NO/c1-2-14(9-8-13(16)15-11-14)10-12-6-4-3-5-7-12/h3-7H,2,8-11H2,1H3,(H,15,16). The van der Waals surface area contributed by atoms with Gasteiger partial charge in [-0.3, -0.25) is 4.79 Å². The highest BCUT2D eigenvalue weighted by molar-refractivity contribution is 5.76. The maximum Gasteiger partial charge on any atom is 0.220 e. The minimum Gasteiger partial charge on any atom is -0.356 e. The van der Waals surface area contributed by atoms with Crippen LogP contribution in [0.25, 0.3) is 0 Å². The lowest BCUT2D eigenvalue weighted by atomic mass is 9.74. The van der Waals surface area contributed by atoms with Gasteiger partial charge in [0.05, 0.1) is 0 Å². The molecule has 1 saturated heterocycles. The minimum atomic E-state index is 0.206. The van der Waals surface area contributed by atoms with E-state index in [1.807, 2.05) is 6.07 Å². The molecule has 1 aromatic rings. The van der Waals surface area contributed by atoms with E-state index in [0.717, 1.165) is 25.8 Å². The summed E-state index contributed by atoms with van der Waals surface area (Å²) < 4.78 is 0. The first-order valence-electron chi connectivity index (χ1n) is 6.05. The molecule has 1 atom stereocenters.